The monoisotopic (exact) mass is 508 g/mol. The lowest BCUT2D eigenvalue weighted by Gasteiger charge is -2.42. The minimum absolute atomic E-state index is 0.0186. The van der Waals surface area contributed by atoms with Gasteiger partial charge in [-0.25, -0.2) is 4.79 Å². The highest BCUT2D eigenvalue weighted by atomic mass is 16.5. The highest BCUT2D eigenvalue weighted by Crippen LogP contribution is 2.54. The lowest BCUT2D eigenvalue weighted by Crippen LogP contribution is -2.37. The number of ketones is 2. The molecular formula is C30H36O7. The molecular weight excluding hydrogens is 472 g/mol. The number of hydrogen-bond acceptors (Lipinski definition) is 6. The summed E-state index contributed by atoms with van der Waals surface area (Å²) in [7, 11) is 0. The summed E-state index contributed by atoms with van der Waals surface area (Å²) in [6, 6.07) is 3.66. The third-order valence-electron chi connectivity index (χ3n) is 7.07. The summed E-state index contributed by atoms with van der Waals surface area (Å²) in [5.41, 5.74) is 2.00. The summed E-state index contributed by atoms with van der Waals surface area (Å²) >= 11 is 0. The number of allylic oxidation sites excluding steroid dienone is 5. The van der Waals surface area contributed by atoms with Crippen LogP contribution in [0.1, 0.15) is 77.3 Å². The van der Waals surface area contributed by atoms with Crippen LogP contribution in [0.3, 0.4) is 0 Å². The van der Waals surface area contributed by atoms with Crippen molar-refractivity contribution in [3.63, 3.8) is 0 Å². The van der Waals surface area contributed by atoms with E-state index in [-0.39, 0.29) is 22.4 Å². The van der Waals surface area contributed by atoms with Crippen LogP contribution >= 0.6 is 0 Å². The predicted octanol–water partition coefficient (Wildman–Crippen LogP) is 5.68. The van der Waals surface area contributed by atoms with Gasteiger partial charge in [-0.3, -0.25) is 9.59 Å². The molecule has 0 radical (unpaired) electrons. The molecule has 198 valence electrons. The van der Waals surface area contributed by atoms with E-state index in [0.717, 1.165) is 5.56 Å². The van der Waals surface area contributed by atoms with Crippen molar-refractivity contribution in [3.8, 4) is 11.5 Å². The zero-order valence-corrected chi connectivity index (χ0v) is 22.4. The molecule has 0 unspecified atom stereocenters. The van der Waals surface area contributed by atoms with Crippen molar-refractivity contribution in [2.75, 3.05) is 13.2 Å². The zero-order valence-electron chi connectivity index (χ0n) is 22.4. The first-order chi connectivity index (χ1) is 17.4. The Morgan fingerprint density at radius 1 is 1.03 bits per heavy atom. The summed E-state index contributed by atoms with van der Waals surface area (Å²) in [4.78, 5) is 38.4. The van der Waals surface area contributed by atoms with Gasteiger partial charge < -0.3 is 19.3 Å². The Labute approximate surface area is 218 Å². The summed E-state index contributed by atoms with van der Waals surface area (Å²) in [6.45, 7) is 13.7. The number of rotatable bonds is 8. The fourth-order valence-electron chi connectivity index (χ4n) is 5.73. The Kier molecular flexibility index (Phi) is 7.10. The van der Waals surface area contributed by atoms with E-state index in [2.05, 4.69) is 34.3 Å². The second kappa shape index (κ2) is 9.84. The predicted molar refractivity (Wildman–Crippen MR) is 139 cm³/mol. The summed E-state index contributed by atoms with van der Waals surface area (Å²) in [5.74, 6) is 0.273. The standard InChI is InChI=1S/C30H36O7/c1-7-9-17-10-18(11-21(35-8-2)28(17)36-16-24(33)34)25-26-19(31)12-29(3,4)14-22(26)37-23-15-30(5,6)13-20(32)27(23)25/h7,10-11,25H,1,8-9,12-16H2,2-6H3,(H,33,34). The Bertz CT molecular complexity index is 1180. The molecule has 7 nitrogen and oxygen atoms in total. The van der Waals surface area contributed by atoms with Crippen LogP contribution in [0.25, 0.3) is 0 Å². The molecule has 0 saturated carbocycles. The molecule has 3 aliphatic rings. The van der Waals surface area contributed by atoms with Crippen molar-refractivity contribution in [1.82, 2.24) is 0 Å². The van der Waals surface area contributed by atoms with Crippen LogP contribution < -0.4 is 9.47 Å². The summed E-state index contributed by atoms with van der Waals surface area (Å²) < 4.78 is 17.9. The molecule has 1 heterocycles. The molecule has 0 amide bonds. The van der Waals surface area contributed by atoms with E-state index >= 15 is 0 Å². The van der Waals surface area contributed by atoms with Crippen LogP contribution in [0, 0.1) is 10.8 Å². The fraction of sp³-hybridized carbons (Fsp3) is 0.500. The number of carboxylic acid groups (broad SMARTS) is 1. The fourth-order valence-corrected chi connectivity index (χ4v) is 5.73. The lowest BCUT2D eigenvalue weighted by atomic mass is 9.65. The number of carbonyl (C=O) groups is 3. The average molecular weight is 509 g/mol. The van der Waals surface area contributed by atoms with E-state index in [4.69, 9.17) is 14.2 Å². The number of carbonyl (C=O) groups excluding carboxylic acids is 2. The van der Waals surface area contributed by atoms with Crippen molar-refractivity contribution >= 4 is 17.5 Å². The SMILES string of the molecule is C=CCc1cc(C2C3=C(CC(C)(C)CC3=O)OC3=C2C(=O)CC(C)(C)C3)cc(OCC)c1OCC(=O)O. The number of benzene rings is 1. The maximum absolute atomic E-state index is 13.6. The first-order valence-corrected chi connectivity index (χ1v) is 12.8. The van der Waals surface area contributed by atoms with E-state index in [0.29, 0.717) is 78.4 Å². The molecule has 1 aromatic rings. The second-order valence-electron chi connectivity index (χ2n) is 11.7. The highest BCUT2D eigenvalue weighted by Gasteiger charge is 2.48. The van der Waals surface area contributed by atoms with E-state index in [1.165, 1.54) is 0 Å². The molecule has 0 aromatic heterocycles. The molecule has 4 rings (SSSR count). The molecule has 1 aromatic carbocycles. The molecule has 0 atom stereocenters. The number of Topliss-reactive ketones (excluding diaryl/α,β-unsaturated/α-hetero) is 2. The minimum atomic E-state index is -1.10. The molecule has 1 N–H and O–H groups in total. The van der Waals surface area contributed by atoms with Crippen molar-refractivity contribution < 1.29 is 33.7 Å². The van der Waals surface area contributed by atoms with Crippen LogP contribution in [0.5, 0.6) is 11.5 Å². The minimum Gasteiger partial charge on any atom is -0.490 e. The van der Waals surface area contributed by atoms with Crippen molar-refractivity contribution in [2.45, 2.75) is 72.6 Å². The van der Waals surface area contributed by atoms with Gasteiger partial charge in [-0.2, -0.15) is 0 Å². The van der Waals surface area contributed by atoms with Crippen LogP contribution in [0.2, 0.25) is 0 Å². The molecule has 0 fully saturated rings. The third-order valence-corrected chi connectivity index (χ3v) is 7.07. The molecule has 2 aliphatic carbocycles. The number of hydrogen-bond donors (Lipinski definition) is 1. The topological polar surface area (TPSA) is 99.1 Å². The third kappa shape index (κ3) is 5.36. The van der Waals surface area contributed by atoms with Crippen LogP contribution in [-0.2, 0) is 25.5 Å². The molecule has 37 heavy (non-hydrogen) atoms. The molecule has 1 aliphatic heterocycles. The van der Waals surface area contributed by atoms with Crippen molar-refractivity contribution in [1.29, 1.82) is 0 Å². The van der Waals surface area contributed by atoms with Gasteiger partial charge in [-0.1, -0.05) is 39.8 Å². The molecule has 0 spiro atoms. The normalized spacial score (nSPS) is 20.7. The smallest absolute Gasteiger partial charge is 0.341 e. The maximum atomic E-state index is 13.6. The van der Waals surface area contributed by atoms with Crippen LogP contribution in [-0.4, -0.2) is 35.9 Å². The Balaban J connectivity index is 1.95. The number of carboxylic acids is 1. The second-order valence-corrected chi connectivity index (χ2v) is 11.7. The van der Waals surface area contributed by atoms with Crippen molar-refractivity contribution in [2.24, 2.45) is 10.8 Å². The van der Waals surface area contributed by atoms with E-state index in [9.17, 15) is 19.5 Å². The molecule has 0 saturated heterocycles. The van der Waals surface area contributed by atoms with E-state index in [1.807, 2.05) is 13.0 Å². The van der Waals surface area contributed by atoms with Crippen LogP contribution in [0.4, 0.5) is 0 Å². The van der Waals surface area contributed by atoms with Crippen LogP contribution in [0.15, 0.2) is 47.5 Å². The maximum Gasteiger partial charge on any atom is 0.341 e. The van der Waals surface area contributed by atoms with Gasteiger partial charge in [-0.15, -0.1) is 6.58 Å². The number of aliphatic carboxylic acids is 1. The first kappa shape index (κ1) is 26.7. The van der Waals surface area contributed by atoms with Gasteiger partial charge >= 0.3 is 5.97 Å². The average Bonchev–Trinajstić information content (AvgIpc) is 2.75. The van der Waals surface area contributed by atoms with Gasteiger partial charge in [0, 0.05) is 48.3 Å². The van der Waals surface area contributed by atoms with Gasteiger partial charge in [-0.05, 0) is 35.8 Å². The molecule has 0 bridgehead atoms. The first-order valence-electron chi connectivity index (χ1n) is 12.8. The van der Waals surface area contributed by atoms with Gasteiger partial charge in [0.1, 0.15) is 11.5 Å². The lowest BCUT2D eigenvalue weighted by molar-refractivity contribution is -0.139. The quantitative estimate of drug-likeness (QED) is 0.451. The largest absolute Gasteiger partial charge is 0.490 e. The molecule has 7 heteroatoms. The summed E-state index contributed by atoms with van der Waals surface area (Å²) in [5, 5.41) is 9.19. The van der Waals surface area contributed by atoms with E-state index < -0.39 is 18.5 Å². The Morgan fingerprint density at radius 3 is 2.08 bits per heavy atom. The highest BCUT2D eigenvalue weighted by molar-refractivity contribution is 6.06. The van der Waals surface area contributed by atoms with Gasteiger partial charge in [0.2, 0.25) is 0 Å². The Hall–Kier alpha value is -3.35. The van der Waals surface area contributed by atoms with Gasteiger partial charge in [0.05, 0.1) is 6.61 Å². The van der Waals surface area contributed by atoms with Gasteiger partial charge in [0.15, 0.2) is 29.7 Å². The Morgan fingerprint density at radius 2 is 1.59 bits per heavy atom. The number of ether oxygens (including phenoxy) is 3. The van der Waals surface area contributed by atoms with Crippen molar-refractivity contribution in [3.05, 3.63) is 58.6 Å². The summed E-state index contributed by atoms with van der Waals surface area (Å²) in [6.07, 6.45) is 4.04. The van der Waals surface area contributed by atoms with E-state index in [1.54, 1.807) is 12.1 Å². The zero-order chi connectivity index (χ0) is 27.1. The van der Waals surface area contributed by atoms with Gasteiger partial charge in [0.25, 0.3) is 0 Å².